The van der Waals surface area contributed by atoms with Crippen molar-refractivity contribution in [2.24, 2.45) is 5.84 Å². The van der Waals surface area contributed by atoms with Gasteiger partial charge in [-0.25, -0.2) is 0 Å². The van der Waals surface area contributed by atoms with E-state index in [0.717, 1.165) is 11.3 Å². The highest BCUT2D eigenvalue weighted by molar-refractivity contribution is 5.37. The second-order valence-electron chi connectivity index (χ2n) is 4.13. The summed E-state index contributed by atoms with van der Waals surface area (Å²) in [5.74, 6) is 6.39. The summed E-state index contributed by atoms with van der Waals surface area (Å²) < 4.78 is 15.8. The van der Waals surface area contributed by atoms with Crippen molar-refractivity contribution in [1.82, 2.24) is 5.43 Å². The zero-order chi connectivity index (χ0) is 13.5. The Morgan fingerprint density at radius 1 is 1.22 bits per heavy atom. The summed E-state index contributed by atoms with van der Waals surface area (Å²) in [5, 5.41) is 0. The molecule has 5 nitrogen and oxygen atoms in total. The summed E-state index contributed by atoms with van der Waals surface area (Å²) in [6, 6.07) is 5.89. The molecule has 0 heterocycles. The van der Waals surface area contributed by atoms with E-state index in [1.165, 1.54) is 5.56 Å². The summed E-state index contributed by atoms with van der Waals surface area (Å²) in [6.45, 7) is 2.04. The molecule has 0 aliphatic heterocycles. The van der Waals surface area contributed by atoms with Crippen molar-refractivity contribution in [2.45, 2.75) is 25.7 Å². The van der Waals surface area contributed by atoms with Crippen LogP contribution in [0.25, 0.3) is 0 Å². The summed E-state index contributed by atoms with van der Waals surface area (Å²) >= 11 is 0. The molecule has 0 radical (unpaired) electrons. The minimum absolute atomic E-state index is 0.143. The Bertz CT molecular complexity index is 367. The van der Waals surface area contributed by atoms with Crippen LogP contribution in [0.3, 0.4) is 0 Å². The van der Waals surface area contributed by atoms with Crippen LogP contribution in [0.15, 0.2) is 18.2 Å². The van der Waals surface area contributed by atoms with E-state index in [9.17, 15) is 0 Å². The maximum absolute atomic E-state index is 5.55. The van der Waals surface area contributed by atoms with E-state index in [0.29, 0.717) is 6.42 Å². The van der Waals surface area contributed by atoms with Crippen LogP contribution in [0.1, 0.15) is 11.1 Å². The van der Waals surface area contributed by atoms with Crippen LogP contribution >= 0.6 is 0 Å². The summed E-state index contributed by atoms with van der Waals surface area (Å²) in [6.07, 6.45) is 0.258. The molecule has 0 aliphatic rings. The van der Waals surface area contributed by atoms with Crippen molar-refractivity contribution >= 4 is 0 Å². The fourth-order valence-corrected chi connectivity index (χ4v) is 1.96. The van der Waals surface area contributed by atoms with Crippen LogP contribution in [0.2, 0.25) is 0 Å². The lowest BCUT2D eigenvalue weighted by molar-refractivity contribution is -0.122. The van der Waals surface area contributed by atoms with E-state index in [4.69, 9.17) is 20.1 Å². The predicted octanol–water partition coefficient (Wildman–Crippen LogP) is 0.997. The molecule has 102 valence electrons. The van der Waals surface area contributed by atoms with Gasteiger partial charge in [-0.1, -0.05) is 17.7 Å². The highest BCUT2D eigenvalue weighted by atomic mass is 16.7. The number of aryl methyl sites for hydroxylation is 1. The molecule has 0 saturated heterocycles. The first-order valence-electron chi connectivity index (χ1n) is 5.81. The Morgan fingerprint density at radius 3 is 2.39 bits per heavy atom. The number of hydrogen-bond acceptors (Lipinski definition) is 5. The normalized spacial score (nSPS) is 12.8. The Morgan fingerprint density at radius 2 is 1.89 bits per heavy atom. The number of benzene rings is 1. The summed E-state index contributed by atoms with van der Waals surface area (Å²) in [5.41, 5.74) is 4.96. The third-order valence-electron chi connectivity index (χ3n) is 2.88. The molecule has 0 spiro atoms. The van der Waals surface area contributed by atoms with Crippen molar-refractivity contribution in [3.8, 4) is 5.75 Å². The van der Waals surface area contributed by atoms with Gasteiger partial charge in [0.2, 0.25) is 0 Å². The lowest BCUT2D eigenvalue weighted by Crippen LogP contribution is -2.47. The van der Waals surface area contributed by atoms with Gasteiger partial charge in [0, 0.05) is 14.2 Å². The molecule has 1 aromatic rings. The molecule has 0 fully saturated rings. The number of rotatable bonds is 7. The first kappa shape index (κ1) is 14.9. The molecule has 1 aromatic carbocycles. The average molecular weight is 254 g/mol. The van der Waals surface area contributed by atoms with Gasteiger partial charge >= 0.3 is 0 Å². The van der Waals surface area contributed by atoms with Gasteiger partial charge in [0.25, 0.3) is 0 Å². The van der Waals surface area contributed by atoms with Gasteiger partial charge in [-0.2, -0.15) is 0 Å². The van der Waals surface area contributed by atoms with E-state index in [-0.39, 0.29) is 6.04 Å². The van der Waals surface area contributed by atoms with Gasteiger partial charge in [0.05, 0.1) is 13.2 Å². The van der Waals surface area contributed by atoms with Crippen LogP contribution in [-0.2, 0) is 15.9 Å². The van der Waals surface area contributed by atoms with E-state index in [1.54, 1.807) is 21.3 Å². The van der Waals surface area contributed by atoms with E-state index in [2.05, 4.69) is 11.5 Å². The van der Waals surface area contributed by atoms with Gasteiger partial charge in [-0.15, -0.1) is 0 Å². The molecule has 1 atom stereocenters. The molecular weight excluding hydrogens is 232 g/mol. The maximum Gasteiger partial charge on any atom is 0.173 e. The van der Waals surface area contributed by atoms with E-state index in [1.807, 2.05) is 19.1 Å². The zero-order valence-corrected chi connectivity index (χ0v) is 11.4. The molecule has 1 unspecified atom stereocenters. The molecule has 0 amide bonds. The number of nitrogens with one attached hydrogen (secondary N) is 1. The zero-order valence-electron chi connectivity index (χ0n) is 11.4. The van der Waals surface area contributed by atoms with E-state index >= 15 is 0 Å². The summed E-state index contributed by atoms with van der Waals surface area (Å²) in [4.78, 5) is 0. The maximum atomic E-state index is 5.55. The molecule has 18 heavy (non-hydrogen) atoms. The summed E-state index contributed by atoms with van der Waals surface area (Å²) in [7, 11) is 4.83. The standard InChI is InChI=1S/C13H22N2O3/c1-9-5-6-12(16-2)10(7-9)8-11(15-14)13(17-3)18-4/h5-7,11,13,15H,8,14H2,1-4H3. The van der Waals surface area contributed by atoms with Crippen molar-refractivity contribution in [3.05, 3.63) is 29.3 Å². The highest BCUT2D eigenvalue weighted by Crippen LogP contribution is 2.22. The fourth-order valence-electron chi connectivity index (χ4n) is 1.96. The Kier molecular flexibility index (Phi) is 6.07. The SMILES string of the molecule is COc1ccc(C)cc1CC(NN)C(OC)OC. The highest BCUT2D eigenvalue weighted by Gasteiger charge is 2.21. The monoisotopic (exact) mass is 254 g/mol. The van der Waals surface area contributed by atoms with Crippen molar-refractivity contribution in [2.75, 3.05) is 21.3 Å². The van der Waals surface area contributed by atoms with Crippen molar-refractivity contribution in [3.63, 3.8) is 0 Å². The van der Waals surface area contributed by atoms with E-state index < -0.39 is 6.29 Å². The molecular formula is C13H22N2O3. The topological polar surface area (TPSA) is 65.7 Å². The van der Waals surface area contributed by atoms with Gasteiger partial charge in [-0.05, 0) is 25.0 Å². The first-order chi connectivity index (χ1) is 8.65. The van der Waals surface area contributed by atoms with Crippen LogP contribution in [0.5, 0.6) is 5.75 Å². The first-order valence-corrected chi connectivity index (χ1v) is 5.81. The second-order valence-corrected chi connectivity index (χ2v) is 4.13. The van der Waals surface area contributed by atoms with Gasteiger partial charge < -0.3 is 14.2 Å². The van der Waals surface area contributed by atoms with Crippen LogP contribution in [0, 0.1) is 6.92 Å². The number of ether oxygens (including phenoxy) is 3. The van der Waals surface area contributed by atoms with Gasteiger partial charge in [0.1, 0.15) is 5.75 Å². The molecule has 1 rings (SSSR count). The smallest absolute Gasteiger partial charge is 0.173 e. The molecule has 3 N–H and O–H groups in total. The largest absolute Gasteiger partial charge is 0.496 e. The molecule has 5 heteroatoms. The number of nitrogens with two attached hydrogens (primary N) is 1. The van der Waals surface area contributed by atoms with Crippen LogP contribution in [0.4, 0.5) is 0 Å². The van der Waals surface area contributed by atoms with Crippen LogP contribution in [-0.4, -0.2) is 33.7 Å². The molecule has 0 bridgehead atoms. The minimum atomic E-state index is -0.403. The third kappa shape index (κ3) is 3.68. The fraction of sp³-hybridized carbons (Fsp3) is 0.538. The average Bonchev–Trinajstić information content (AvgIpc) is 2.39. The third-order valence-corrected chi connectivity index (χ3v) is 2.88. The number of methoxy groups -OCH3 is 3. The lowest BCUT2D eigenvalue weighted by Gasteiger charge is -2.24. The molecule has 0 saturated carbocycles. The Hall–Kier alpha value is -1.14. The Labute approximate surface area is 108 Å². The minimum Gasteiger partial charge on any atom is -0.496 e. The molecule has 0 aliphatic carbocycles. The van der Waals surface area contributed by atoms with Gasteiger partial charge in [0.15, 0.2) is 6.29 Å². The number of hydrazine groups is 1. The van der Waals surface area contributed by atoms with Gasteiger partial charge in [-0.3, -0.25) is 11.3 Å². The molecule has 0 aromatic heterocycles. The quantitative estimate of drug-likeness (QED) is 0.432. The second kappa shape index (κ2) is 7.33. The van der Waals surface area contributed by atoms with Crippen molar-refractivity contribution < 1.29 is 14.2 Å². The number of hydrogen-bond donors (Lipinski definition) is 2. The lowest BCUT2D eigenvalue weighted by atomic mass is 10.0. The Balaban J connectivity index is 2.89. The van der Waals surface area contributed by atoms with Crippen molar-refractivity contribution in [1.29, 1.82) is 0 Å². The predicted molar refractivity (Wildman–Crippen MR) is 70.4 cm³/mol. The van der Waals surface area contributed by atoms with Crippen LogP contribution < -0.4 is 16.0 Å².